The molecule has 0 N–H and O–H groups in total. The van der Waals surface area contributed by atoms with E-state index in [1.165, 1.54) is 28.1 Å². The summed E-state index contributed by atoms with van der Waals surface area (Å²) in [6, 6.07) is 1.86. The van der Waals surface area contributed by atoms with Gasteiger partial charge in [0.05, 0.1) is 6.07 Å². The van der Waals surface area contributed by atoms with Gasteiger partial charge in [-0.15, -0.1) is 0 Å². The number of carbonyl (C=O) groups excluding carboxylic acids is 2. The number of carbonyl (C=O) groups is 2. The van der Waals surface area contributed by atoms with Crippen molar-refractivity contribution in [3.8, 4) is 6.07 Å². The minimum Gasteiger partial charge on any atom is -0.460 e. The second-order valence-corrected chi connectivity index (χ2v) is 3.87. The Morgan fingerprint density at radius 3 is 1.84 bits per heavy atom. The summed E-state index contributed by atoms with van der Waals surface area (Å²) in [6.07, 6.45) is -3.52. The normalized spacial score (nSPS) is 16.6. The van der Waals surface area contributed by atoms with E-state index in [1.807, 2.05) is 6.07 Å². The second-order valence-electron chi connectivity index (χ2n) is 3.87. The maximum absolute atomic E-state index is 11.1. The summed E-state index contributed by atoms with van der Waals surface area (Å²) in [5.74, 6) is -1.08. The fraction of sp³-hybridized carbons (Fsp3) is 0.750. The topological polar surface area (TPSA) is 94.8 Å². The highest BCUT2D eigenvalue weighted by Crippen LogP contribution is 2.17. The maximum atomic E-state index is 11.1. The molecule has 19 heavy (non-hydrogen) atoms. The average Bonchev–Trinajstić information content (AvgIpc) is 2.29. The first-order chi connectivity index (χ1) is 8.87. The van der Waals surface area contributed by atoms with Crippen LogP contribution in [0, 0.1) is 11.3 Å². The molecule has 0 heterocycles. The van der Waals surface area contributed by atoms with Gasteiger partial charge in [-0.2, -0.15) is 5.26 Å². The summed E-state index contributed by atoms with van der Waals surface area (Å²) in [6.45, 7) is 4.04. The summed E-state index contributed by atoms with van der Waals surface area (Å²) in [5, 5.41) is 8.99. The molecule has 0 aliphatic heterocycles. The first-order valence-electron chi connectivity index (χ1n) is 5.67. The predicted molar refractivity (Wildman–Crippen MR) is 64.0 cm³/mol. The minimum absolute atomic E-state index is 0.498. The lowest BCUT2D eigenvalue weighted by Crippen LogP contribution is -2.48. The molecule has 0 aromatic heterocycles. The number of nitriles is 1. The molecule has 0 fully saturated rings. The fourth-order valence-electron chi connectivity index (χ4n) is 1.67. The van der Waals surface area contributed by atoms with Crippen LogP contribution >= 0.6 is 0 Å². The van der Waals surface area contributed by atoms with Crippen LogP contribution < -0.4 is 0 Å². The molecular weight excluding hydrogens is 254 g/mol. The zero-order chi connectivity index (χ0) is 15.0. The van der Waals surface area contributed by atoms with Crippen LogP contribution in [0.1, 0.15) is 20.8 Å². The minimum atomic E-state index is -1.02. The third-order valence-electron chi connectivity index (χ3n) is 2.39. The largest absolute Gasteiger partial charge is 0.460 e. The Balaban J connectivity index is 5.11. The monoisotopic (exact) mass is 273 g/mol. The molecular formula is C12H19NO6. The van der Waals surface area contributed by atoms with Crippen molar-refractivity contribution in [2.45, 2.75) is 45.2 Å². The summed E-state index contributed by atoms with van der Waals surface area (Å²) in [5.41, 5.74) is 0. The van der Waals surface area contributed by atoms with Gasteiger partial charge in [-0.05, 0) is 6.92 Å². The van der Waals surface area contributed by atoms with Crippen LogP contribution in [0.4, 0.5) is 0 Å². The van der Waals surface area contributed by atoms with Crippen LogP contribution in [-0.2, 0) is 28.5 Å². The van der Waals surface area contributed by atoms with Crippen molar-refractivity contribution in [1.29, 1.82) is 5.26 Å². The highest BCUT2D eigenvalue weighted by atomic mass is 16.6. The molecule has 0 unspecified atom stereocenters. The Hall–Kier alpha value is -1.65. The highest BCUT2D eigenvalue weighted by molar-refractivity contribution is 5.67. The number of rotatable bonds is 7. The lowest BCUT2D eigenvalue weighted by molar-refractivity contribution is -0.178. The Morgan fingerprint density at radius 2 is 1.53 bits per heavy atom. The molecule has 0 aromatic carbocycles. The van der Waals surface area contributed by atoms with Crippen LogP contribution in [0.15, 0.2) is 0 Å². The van der Waals surface area contributed by atoms with Crippen LogP contribution in [0.25, 0.3) is 0 Å². The molecule has 0 amide bonds. The molecule has 0 radical (unpaired) electrons. The van der Waals surface area contributed by atoms with E-state index in [9.17, 15) is 9.59 Å². The lowest BCUT2D eigenvalue weighted by Gasteiger charge is -2.31. The van der Waals surface area contributed by atoms with E-state index in [4.69, 9.17) is 24.2 Å². The van der Waals surface area contributed by atoms with Gasteiger partial charge in [0.1, 0.15) is 12.2 Å². The third kappa shape index (κ3) is 5.68. The maximum Gasteiger partial charge on any atom is 0.303 e. The van der Waals surface area contributed by atoms with Gasteiger partial charge in [-0.3, -0.25) is 9.59 Å². The van der Waals surface area contributed by atoms with E-state index in [2.05, 4.69) is 0 Å². The SMILES string of the molecule is CO[C@@H]([C@H](OC(C)=O)[C@H](C#N)OC)[C@@H](C)OC(C)=O. The molecule has 108 valence electrons. The first kappa shape index (κ1) is 17.4. The molecule has 0 bridgehead atoms. The zero-order valence-corrected chi connectivity index (χ0v) is 11.7. The van der Waals surface area contributed by atoms with Gasteiger partial charge in [0, 0.05) is 28.1 Å². The van der Waals surface area contributed by atoms with Gasteiger partial charge in [-0.25, -0.2) is 0 Å². The Labute approximate surface area is 112 Å². The molecule has 0 aliphatic rings. The van der Waals surface area contributed by atoms with E-state index < -0.39 is 36.4 Å². The molecule has 7 nitrogen and oxygen atoms in total. The first-order valence-corrected chi connectivity index (χ1v) is 5.67. The van der Waals surface area contributed by atoms with Crippen molar-refractivity contribution in [3.05, 3.63) is 0 Å². The standard InChI is InChI=1S/C12H19NO6/c1-7(18-8(2)14)11(17-5)12(19-9(3)15)10(6-13)16-4/h7,10-12H,1-5H3/t7-,10+,11-,12-/m1/s1. The quantitative estimate of drug-likeness (QED) is 0.620. The van der Waals surface area contributed by atoms with Crippen LogP contribution in [-0.4, -0.2) is 50.6 Å². The van der Waals surface area contributed by atoms with Gasteiger partial charge in [0.15, 0.2) is 12.2 Å². The molecule has 4 atom stereocenters. The fourth-order valence-corrected chi connectivity index (χ4v) is 1.67. The molecule has 0 rings (SSSR count). The smallest absolute Gasteiger partial charge is 0.303 e. The van der Waals surface area contributed by atoms with E-state index >= 15 is 0 Å². The number of methoxy groups -OCH3 is 2. The van der Waals surface area contributed by atoms with Crippen molar-refractivity contribution in [1.82, 2.24) is 0 Å². The molecule has 0 saturated carbocycles. The third-order valence-corrected chi connectivity index (χ3v) is 2.39. The number of hydrogen-bond acceptors (Lipinski definition) is 7. The van der Waals surface area contributed by atoms with Gasteiger partial charge >= 0.3 is 11.9 Å². The lowest BCUT2D eigenvalue weighted by atomic mass is 10.0. The Morgan fingerprint density at radius 1 is 1.00 bits per heavy atom. The summed E-state index contributed by atoms with van der Waals surface area (Å²) < 4.78 is 20.1. The number of hydrogen-bond donors (Lipinski definition) is 0. The summed E-state index contributed by atoms with van der Waals surface area (Å²) >= 11 is 0. The van der Waals surface area contributed by atoms with Gasteiger partial charge < -0.3 is 18.9 Å². The van der Waals surface area contributed by atoms with Gasteiger partial charge in [-0.1, -0.05) is 0 Å². The van der Waals surface area contributed by atoms with Crippen LogP contribution in [0.2, 0.25) is 0 Å². The summed E-state index contributed by atoms with van der Waals surface area (Å²) in [4.78, 5) is 22.1. The molecule has 0 spiro atoms. The predicted octanol–water partition coefficient (Wildman–Crippen LogP) is 0.423. The Bertz CT molecular complexity index is 351. The van der Waals surface area contributed by atoms with E-state index in [0.29, 0.717) is 0 Å². The van der Waals surface area contributed by atoms with Crippen molar-refractivity contribution in [3.63, 3.8) is 0 Å². The molecule has 0 aliphatic carbocycles. The van der Waals surface area contributed by atoms with Gasteiger partial charge in [0.25, 0.3) is 0 Å². The highest BCUT2D eigenvalue weighted by Gasteiger charge is 2.37. The number of ether oxygens (including phenoxy) is 4. The van der Waals surface area contributed by atoms with Crippen molar-refractivity contribution < 1.29 is 28.5 Å². The molecule has 0 aromatic rings. The van der Waals surface area contributed by atoms with Crippen LogP contribution in [0.5, 0.6) is 0 Å². The van der Waals surface area contributed by atoms with Crippen LogP contribution in [0.3, 0.4) is 0 Å². The zero-order valence-electron chi connectivity index (χ0n) is 11.7. The van der Waals surface area contributed by atoms with E-state index in [-0.39, 0.29) is 0 Å². The second kappa shape index (κ2) is 8.45. The number of nitrogens with zero attached hydrogens (tertiary/aromatic N) is 1. The van der Waals surface area contributed by atoms with Crippen molar-refractivity contribution >= 4 is 11.9 Å². The van der Waals surface area contributed by atoms with Crippen molar-refractivity contribution in [2.75, 3.05) is 14.2 Å². The van der Waals surface area contributed by atoms with Crippen molar-refractivity contribution in [2.24, 2.45) is 0 Å². The number of esters is 2. The molecule has 0 saturated heterocycles. The van der Waals surface area contributed by atoms with E-state index in [1.54, 1.807) is 6.92 Å². The molecule has 7 heteroatoms. The Kier molecular flexibility index (Phi) is 7.72. The van der Waals surface area contributed by atoms with Gasteiger partial charge in [0.2, 0.25) is 0 Å². The average molecular weight is 273 g/mol. The summed E-state index contributed by atoms with van der Waals surface area (Å²) in [7, 11) is 2.68. The van der Waals surface area contributed by atoms with E-state index in [0.717, 1.165) is 0 Å².